The molecule has 2 aromatic carbocycles. The highest BCUT2D eigenvalue weighted by Crippen LogP contribution is 2.24. The van der Waals surface area contributed by atoms with Crippen molar-refractivity contribution in [2.24, 2.45) is 0 Å². The summed E-state index contributed by atoms with van der Waals surface area (Å²) in [5.41, 5.74) is 2.03. The largest absolute Gasteiger partial charge is 0.497 e. The van der Waals surface area contributed by atoms with Gasteiger partial charge in [0.1, 0.15) is 18.1 Å². The zero-order valence-corrected chi connectivity index (χ0v) is 20.8. The molecule has 3 aromatic rings. The summed E-state index contributed by atoms with van der Waals surface area (Å²) >= 11 is 0. The van der Waals surface area contributed by atoms with Crippen molar-refractivity contribution in [1.82, 2.24) is 19.8 Å². The van der Waals surface area contributed by atoms with Gasteiger partial charge in [0.2, 0.25) is 5.91 Å². The number of nitrogens with one attached hydrogen (secondary N) is 1. The van der Waals surface area contributed by atoms with Crippen molar-refractivity contribution in [2.45, 2.75) is 45.7 Å². The SMILES string of the molecule is COc1cccc(-c2nc3ccc(C=CCCN4CCCC4)cc3c(=O)n2CC(=O)NC(C)C)c1. The molecule has 1 aliphatic heterocycles. The summed E-state index contributed by atoms with van der Waals surface area (Å²) < 4.78 is 6.81. The van der Waals surface area contributed by atoms with Gasteiger partial charge in [-0.05, 0) is 76.0 Å². The third kappa shape index (κ3) is 6.17. The summed E-state index contributed by atoms with van der Waals surface area (Å²) in [5, 5.41) is 3.37. The molecule has 0 unspecified atom stereocenters. The number of rotatable bonds is 9. The van der Waals surface area contributed by atoms with Gasteiger partial charge in [0.05, 0.1) is 18.0 Å². The Morgan fingerprint density at radius 2 is 1.97 bits per heavy atom. The number of hydrogen-bond donors (Lipinski definition) is 1. The highest BCUT2D eigenvalue weighted by Gasteiger charge is 2.17. The number of aromatic nitrogens is 2. The summed E-state index contributed by atoms with van der Waals surface area (Å²) in [7, 11) is 1.59. The second kappa shape index (κ2) is 11.3. The molecule has 0 atom stereocenters. The summed E-state index contributed by atoms with van der Waals surface area (Å²) in [4.78, 5) is 33.5. The number of nitrogens with zero attached hydrogens (tertiary/aromatic N) is 3. The first kappa shape index (κ1) is 24.7. The average Bonchev–Trinajstić information content (AvgIpc) is 3.37. The first-order chi connectivity index (χ1) is 16.9. The van der Waals surface area contributed by atoms with Gasteiger partial charge in [-0.3, -0.25) is 14.2 Å². The standard InChI is InChI=1S/C28H34N4O3/c1-20(2)29-26(33)19-32-27(22-10-8-11-23(18-22)35-3)30-25-13-12-21(17-24(25)28(32)34)9-4-5-14-31-15-6-7-16-31/h4,8-13,17-18,20H,5-7,14-16,19H2,1-3H3,(H,29,33). The van der Waals surface area contributed by atoms with Gasteiger partial charge < -0.3 is 15.0 Å². The first-order valence-electron chi connectivity index (χ1n) is 12.3. The van der Waals surface area contributed by atoms with Crippen LogP contribution in [-0.4, -0.2) is 53.1 Å². The normalized spacial score (nSPS) is 14.3. The number of benzene rings is 2. The van der Waals surface area contributed by atoms with E-state index in [0.717, 1.165) is 18.5 Å². The van der Waals surface area contributed by atoms with Crippen LogP contribution in [0.5, 0.6) is 5.75 Å². The molecule has 0 aliphatic carbocycles. The molecule has 4 rings (SSSR count). The maximum absolute atomic E-state index is 13.6. The second-order valence-corrected chi connectivity index (χ2v) is 9.30. The Balaban J connectivity index is 1.69. The topological polar surface area (TPSA) is 76.5 Å². The number of carbonyl (C=O) groups is 1. The van der Waals surface area contributed by atoms with Gasteiger partial charge in [-0.1, -0.05) is 30.4 Å². The van der Waals surface area contributed by atoms with Gasteiger partial charge in [-0.2, -0.15) is 0 Å². The van der Waals surface area contributed by atoms with Crippen molar-refractivity contribution in [2.75, 3.05) is 26.7 Å². The van der Waals surface area contributed by atoms with Crippen LogP contribution in [0.25, 0.3) is 28.4 Å². The van der Waals surface area contributed by atoms with Crippen LogP contribution in [-0.2, 0) is 11.3 Å². The van der Waals surface area contributed by atoms with Gasteiger partial charge in [0, 0.05) is 18.2 Å². The lowest BCUT2D eigenvalue weighted by atomic mass is 10.1. The number of likely N-dealkylation sites (tertiary alicyclic amines) is 1. The van der Waals surface area contributed by atoms with Crippen LogP contribution in [0, 0.1) is 0 Å². The molecule has 0 radical (unpaired) electrons. The maximum Gasteiger partial charge on any atom is 0.262 e. The minimum absolute atomic E-state index is 0.0239. The van der Waals surface area contributed by atoms with E-state index in [4.69, 9.17) is 9.72 Å². The predicted molar refractivity (Wildman–Crippen MR) is 141 cm³/mol. The van der Waals surface area contributed by atoms with Crippen molar-refractivity contribution in [3.05, 3.63) is 64.5 Å². The molecule has 0 spiro atoms. The van der Waals surface area contributed by atoms with E-state index in [1.54, 1.807) is 7.11 Å². The Kier molecular flexibility index (Phi) is 7.98. The lowest BCUT2D eigenvalue weighted by Gasteiger charge is -2.15. The van der Waals surface area contributed by atoms with Crippen molar-refractivity contribution >= 4 is 22.9 Å². The molecule has 2 heterocycles. The van der Waals surface area contributed by atoms with Gasteiger partial charge in [0.25, 0.3) is 5.56 Å². The molecule has 1 aliphatic rings. The summed E-state index contributed by atoms with van der Waals surface area (Å²) in [6.07, 6.45) is 7.78. The van der Waals surface area contributed by atoms with Crippen LogP contribution in [0.3, 0.4) is 0 Å². The van der Waals surface area contributed by atoms with Crippen LogP contribution in [0.1, 0.15) is 38.7 Å². The first-order valence-corrected chi connectivity index (χ1v) is 12.3. The van der Waals surface area contributed by atoms with E-state index in [9.17, 15) is 9.59 Å². The number of ether oxygens (including phenoxy) is 1. The van der Waals surface area contributed by atoms with Gasteiger partial charge in [0.15, 0.2) is 0 Å². The van der Waals surface area contributed by atoms with E-state index >= 15 is 0 Å². The maximum atomic E-state index is 13.6. The Bertz CT molecular complexity index is 1270. The van der Waals surface area contributed by atoms with Crippen LogP contribution in [0.4, 0.5) is 0 Å². The molecule has 184 valence electrons. The minimum atomic E-state index is -0.237. The molecule has 35 heavy (non-hydrogen) atoms. The molecular formula is C28H34N4O3. The van der Waals surface area contributed by atoms with Crippen molar-refractivity contribution in [3.8, 4) is 17.1 Å². The van der Waals surface area contributed by atoms with Gasteiger partial charge in [-0.15, -0.1) is 0 Å². The number of amides is 1. The van der Waals surface area contributed by atoms with E-state index in [1.165, 1.54) is 30.5 Å². The second-order valence-electron chi connectivity index (χ2n) is 9.30. The zero-order valence-electron chi connectivity index (χ0n) is 20.8. The monoisotopic (exact) mass is 474 g/mol. The Hall–Kier alpha value is -3.45. The molecule has 1 amide bonds. The van der Waals surface area contributed by atoms with Crippen LogP contribution in [0.15, 0.2) is 53.3 Å². The molecule has 1 fully saturated rings. The fraction of sp³-hybridized carbons (Fsp3) is 0.393. The lowest BCUT2D eigenvalue weighted by molar-refractivity contribution is -0.122. The van der Waals surface area contributed by atoms with Crippen molar-refractivity contribution in [1.29, 1.82) is 0 Å². The number of methoxy groups -OCH3 is 1. The third-order valence-electron chi connectivity index (χ3n) is 6.18. The number of carbonyl (C=O) groups excluding carboxylic acids is 1. The number of hydrogen-bond acceptors (Lipinski definition) is 5. The van der Waals surface area contributed by atoms with E-state index in [2.05, 4.69) is 22.4 Å². The quantitative estimate of drug-likeness (QED) is 0.505. The Morgan fingerprint density at radius 3 is 2.71 bits per heavy atom. The minimum Gasteiger partial charge on any atom is -0.497 e. The summed E-state index contributed by atoms with van der Waals surface area (Å²) in [6, 6.07) is 13.1. The van der Waals surface area contributed by atoms with Crippen LogP contribution < -0.4 is 15.6 Å². The van der Waals surface area contributed by atoms with E-state index in [1.807, 2.05) is 56.3 Å². The molecule has 0 saturated carbocycles. The zero-order chi connectivity index (χ0) is 24.8. The Labute approximate surface area is 206 Å². The third-order valence-corrected chi connectivity index (χ3v) is 6.18. The van der Waals surface area contributed by atoms with E-state index in [0.29, 0.717) is 28.0 Å². The predicted octanol–water partition coefficient (Wildman–Crippen LogP) is 4.10. The highest BCUT2D eigenvalue weighted by atomic mass is 16.5. The highest BCUT2D eigenvalue weighted by molar-refractivity contribution is 5.83. The van der Waals surface area contributed by atoms with Gasteiger partial charge in [-0.25, -0.2) is 4.98 Å². The van der Waals surface area contributed by atoms with Gasteiger partial charge >= 0.3 is 0 Å². The van der Waals surface area contributed by atoms with E-state index in [-0.39, 0.29) is 24.1 Å². The molecule has 1 saturated heterocycles. The fourth-order valence-electron chi connectivity index (χ4n) is 4.47. The average molecular weight is 475 g/mol. The molecule has 1 aromatic heterocycles. The molecule has 0 bridgehead atoms. The fourth-order valence-corrected chi connectivity index (χ4v) is 4.47. The van der Waals surface area contributed by atoms with Crippen LogP contribution in [0.2, 0.25) is 0 Å². The number of fused-ring (bicyclic) bond motifs is 1. The van der Waals surface area contributed by atoms with Crippen molar-refractivity contribution in [3.63, 3.8) is 0 Å². The van der Waals surface area contributed by atoms with Crippen molar-refractivity contribution < 1.29 is 9.53 Å². The summed E-state index contributed by atoms with van der Waals surface area (Å²) in [6.45, 7) is 7.12. The van der Waals surface area contributed by atoms with Crippen LogP contribution >= 0.6 is 0 Å². The molecule has 7 heteroatoms. The molecular weight excluding hydrogens is 440 g/mol. The smallest absolute Gasteiger partial charge is 0.262 e. The lowest BCUT2D eigenvalue weighted by Crippen LogP contribution is -2.37. The van der Waals surface area contributed by atoms with E-state index < -0.39 is 0 Å². The molecule has 1 N–H and O–H groups in total. The summed E-state index contributed by atoms with van der Waals surface area (Å²) in [5.74, 6) is 0.865. The Morgan fingerprint density at radius 1 is 1.17 bits per heavy atom. The molecule has 7 nitrogen and oxygen atoms in total.